The fourth-order valence-electron chi connectivity index (χ4n) is 2.78. The summed E-state index contributed by atoms with van der Waals surface area (Å²) in [5, 5.41) is 3.75. The van der Waals surface area contributed by atoms with Crippen LogP contribution >= 0.6 is 0 Å². The molecule has 1 aromatic rings. The first kappa shape index (κ1) is 17.4. The Labute approximate surface area is 132 Å². The Balaban J connectivity index is 1.94. The molecule has 2 heterocycles. The van der Waals surface area contributed by atoms with E-state index in [-0.39, 0.29) is 4.90 Å². The number of nitrogens with zero attached hydrogens (tertiary/aromatic N) is 4. The maximum absolute atomic E-state index is 12.7. The van der Waals surface area contributed by atoms with Gasteiger partial charge in [0.25, 0.3) is 0 Å². The van der Waals surface area contributed by atoms with E-state index in [1.54, 1.807) is 18.2 Å². The van der Waals surface area contributed by atoms with Crippen molar-refractivity contribution < 1.29 is 12.9 Å². The summed E-state index contributed by atoms with van der Waals surface area (Å²) in [4.78, 5) is 4.72. The summed E-state index contributed by atoms with van der Waals surface area (Å²) in [7, 11) is 0.632. The summed E-state index contributed by atoms with van der Waals surface area (Å²) in [5.74, 6) is 0.367. The lowest BCUT2D eigenvalue weighted by Crippen LogP contribution is -2.49. The maximum Gasteiger partial charge on any atom is 0.248 e. The lowest BCUT2D eigenvalue weighted by atomic mass is 10.3. The average molecular weight is 330 g/mol. The molecule has 1 saturated heterocycles. The molecular formula is C14H26N4O3S. The average Bonchev–Trinajstić information content (AvgIpc) is 2.79. The van der Waals surface area contributed by atoms with Crippen molar-refractivity contribution in [3.63, 3.8) is 0 Å². The van der Waals surface area contributed by atoms with Crippen LogP contribution in [0.5, 0.6) is 0 Å². The molecule has 2 rings (SSSR count). The molecule has 1 fully saturated rings. The second-order valence-electron chi connectivity index (χ2n) is 6.06. The molecule has 1 aliphatic heterocycles. The zero-order chi connectivity index (χ0) is 16.3. The van der Waals surface area contributed by atoms with Crippen molar-refractivity contribution in [3.8, 4) is 0 Å². The minimum Gasteiger partial charge on any atom is -0.360 e. The predicted molar refractivity (Wildman–Crippen MR) is 84.3 cm³/mol. The van der Waals surface area contributed by atoms with Crippen LogP contribution in [0.25, 0.3) is 0 Å². The maximum atomic E-state index is 12.7. The van der Waals surface area contributed by atoms with Gasteiger partial charge in [-0.05, 0) is 47.5 Å². The molecule has 8 heteroatoms. The van der Waals surface area contributed by atoms with E-state index in [1.165, 1.54) is 0 Å². The van der Waals surface area contributed by atoms with E-state index in [0.717, 1.165) is 32.6 Å². The van der Waals surface area contributed by atoms with Crippen LogP contribution < -0.4 is 0 Å². The van der Waals surface area contributed by atoms with Crippen molar-refractivity contribution in [2.75, 3.05) is 53.4 Å². The highest BCUT2D eigenvalue weighted by Gasteiger charge is 2.33. The van der Waals surface area contributed by atoms with Crippen molar-refractivity contribution >= 4 is 10.0 Å². The van der Waals surface area contributed by atoms with E-state index < -0.39 is 10.0 Å². The van der Waals surface area contributed by atoms with E-state index in [2.05, 4.69) is 29.1 Å². The molecule has 22 heavy (non-hydrogen) atoms. The van der Waals surface area contributed by atoms with Gasteiger partial charge < -0.3 is 14.3 Å². The van der Waals surface area contributed by atoms with Crippen molar-refractivity contribution in [1.29, 1.82) is 0 Å². The number of aromatic nitrogens is 1. The van der Waals surface area contributed by atoms with Crippen LogP contribution in [0.4, 0.5) is 0 Å². The third kappa shape index (κ3) is 3.87. The molecular weight excluding hydrogens is 304 g/mol. The number of sulfonamides is 1. The van der Waals surface area contributed by atoms with E-state index in [1.807, 2.05) is 0 Å². The lowest BCUT2D eigenvalue weighted by Gasteiger charge is -2.34. The van der Waals surface area contributed by atoms with Gasteiger partial charge in [-0.1, -0.05) is 5.16 Å². The molecule has 0 saturated carbocycles. The van der Waals surface area contributed by atoms with Crippen molar-refractivity contribution in [1.82, 2.24) is 19.3 Å². The van der Waals surface area contributed by atoms with E-state index in [9.17, 15) is 8.42 Å². The normalized spacial score (nSPS) is 18.2. The Bertz CT molecular complexity index is 570. The highest BCUT2D eigenvalue weighted by atomic mass is 32.2. The van der Waals surface area contributed by atoms with Gasteiger partial charge >= 0.3 is 0 Å². The van der Waals surface area contributed by atoms with Crippen LogP contribution in [0.3, 0.4) is 0 Å². The Hall–Kier alpha value is -0.960. The highest BCUT2D eigenvalue weighted by molar-refractivity contribution is 7.89. The molecule has 0 unspecified atom stereocenters. The van der Waals surface area contributed by atoms with Gasteiger partial charge in [0.2, 0.25) is 10.0 Å². The predicted octanol–water partition coefficient (Wildman–Crippen LogP) is 0.549. The highest BCUT2D eigenvalue weighted by Crippen LogP contribution is 2.24. The van der Waals surface area contributed by atoms with E-state index in [0.29, 0.717) is 24.5 Å². The molecule has 0 N–H and O–H groups in total. The monoisotopic (exact) mass is 330 g/mol. The molecule has 0 atom stereocenters. The molecule has 0 bridgehead atoms. The number of rotatable bonds is 6. The summed E-state index contributed by atoms with van der Waals surface area (Å²) in [6, 6.07) is 0. The van der Waals surface area contributed by atoms with E-state index >= 15 is 0 Å². The van der Waals surface area contributed by atoms with Crippen LogP contribution in [-0.4, -0.2) is 81.0 Å². The summed E-state index contributed by atoms with van der Waals surface area (Å²) >= 11 is 0. The molecule has 0 amide bonds. The third-order valence-corrected chi connectivity index (χ3v) is 6.12. The van der Waals surface area contributed by atoms with Gasteiger partial charge in [0, 0.05) is 26.2 Å². The van der Waals surface area contributed by atoms with Crippen LogP contribution in [-0.2, 0) is 10.0 Å². The number of hydrogen-bond donors (Lipinski definition) is 0. The molecule has 0 aromatic carbocycles. The molecule has 0 aliphatic carbocycles. The van der Waals surface area contributed by atoms with Crippen molar-refractivity contribution in [2.45, 2.75) is 25.2 Å². The zero-order valence-corrected chi connectivity index (χ0v) is 14.7. The third-order valence-electron chi connectivity index (χ3n) is 3.98. The van der Waals surface area contributed by atoms with Gasteiger partial charge in [-0.15, -0.1) is 0 Å². The van der Waals surface area contributed by atoms with Crippen LogP contribution in [0.2, 0.25) is 0 Å². The standard InChI is InChI=1S/C14H26N4O3S/c1-12-14(13(2)21-15-12)22(19,20)18-10-8-17(9-11-18)7-5-6-16(3)4/h5-11H2,1-4H3. The molecule has 1 aliphatic rings. The molecule has 7 nitrogen and oxygen atoms in total. The first-order valence-corrected chi connectivity index (χ1v) is 9.06. The lowest BCUT2D eigenvalue weighted by molar-refractivity contribution is 0.181. The minimum absolute atomic E-state index is 0.230. The summed E-state index contributed by atoms with van der Waals surface area (Å²) < 4.78 is 31.9. The Morgan fingerprint density at radius 1 is 1.18 bits per heavy atom. The van der Waals surface area contributed by atoms with Crippen molar-refractivity contribution in [2.24, 2.45) is 0 Å². The first-order valence-electron chi connectivity index (χ1n) is 7.62. The summed E-state index contributed by atoms with van der Waals surface area (Å²) in [5.41, 5.74) is 0.436. The summed E-state index contributed by atoms with van der Waals surface area (Å²) in [6.45, 7) is 7.97. The van der Waals surface area contributed by atoms with E-state index in [4.69, 9.17) is 4.52 Å². The molecule has 1 aromatic heterocycles. The Morgan fingerprint density at radius 2 is 1.82 bits per heavy atom. The van der Waals surface area contributed by atoms with Crippen LogP contribution in [0, 0.1) is 13.8 Å². The summed E-state index contributed by atoms with van der Waals surface area (Å²) in [6.07, 6.45) is 1.10. The molecule has 0 radical (unpaired) electrons. The number of hydrogen-bond acceptors (Lipinski definition) is 6. The fourth-order valence-corrected chi connectivity index (χ4v) is 4.49. The topological polar surface area (TPSA) is 69.9 Å². The Morgan fingerprint density at radius 3 is 2.32 bits per heavy atom. The number of piperazine rings is 1. The molecule has 126 valence electrons. The van der Waals surface area contributed by atoms with Gasteiger partial charge in [-0.25, -0.2) is 8.42 Å². The quantitative estimate of drug-likeness (QED) is 0.759. The van der Waals surface area contributed by atoms with Crippen molar-refractivity contribution in [3.05, 3.63) is 11.5 Å². The SMILES string of the molecule is Cc1noc(C)c1S(=O)(=O)N1CCN(CCCN(C)C)CC1. The second-order valence-corrected chi connectivity index (χ2v) is 7.93. The fraction of sp³-hybridized carbons (Fsp3) is 0.786. The van der Waals surface area contributed by atoms with Gasteiger partial charge in [-0.2, -0.15) is 4.31 Å². The van der Waals surface area contributed by atoms with Crippen LogP contribution in [0.15, 0.2) is 9.42 Å². The first-order chi connectivity index (χ1) is 10.3. The van der Waals surface area contributed by atoms with Gasteiger partial charge in [0.15, 0.2) is 5.76 Å². The zero-order valence-electron chi connectivity index (χ0n) is 13.9. The van der Waals surface area contributed by atoms with Gasteiger partial charge in [0.1, 0.15) is 10.6 Å². The van der Waals surface area contributed by atoms with Gasteiger partial charge in [0.05, 0.1) is 0 Å². The molecule has 0 spiro atoms. The minimum atomic E-state index is -3.50. The Kier molecular flexibility index (Phi) is 5.60. The second kappa shape index (κ2) is 7.08. The van der Waals surface area contributed by atoms with Gasteiger partial charge in [-0.3, -0.25) is 0 Å². The number of aryl methyl sites for hydroxylation is 2. The largest absolute Gasteiger partial charge is 0.360 e. The smallest absolute Gasteiger partial charge is 0.248 e. The van der Waals surface area contributed by atoms with Crippen LogP contribution in [0.1, 0.15) is 17.9 Å².